The van der Waals surface area contributed by atoms with Gasteiger partial charge in [-0.3, -0.25) is 10.1 Å². The summed E-state index contributed by atoms with van der Waals surface area (Å²) in [6, 6.07) is 7.12. The zero-order valence-corrected chi connectivity index (χ0v) is 12.2. The molecule has 2 rings (SSSR count). The van der Waals surface area contributed by atoms with Crippen LogP contribution >= 0.6 is 0 Å². The first-order valence-electron chi connectivity index (χ1n) is 6.66. The summed E-state index contributed by atoms with van der Waals surface area (Å²) < 4.78 is 4.78. The number of methoxy groups -OCH3 is 1. The molecular weight excluding hydrogens is 256 g/mol. The number of carbonyl (C=O) groups is 2. The Labute approximate surface area is 118 Å². The molecule has 1 aromatic rings. The van der Waals surface area contributed by atoms with Crippen molar-refractivity contribution in [2.24, 2.45) is 5.92 Å². The third kappa shape index (κ3) is 2.29. The van der Waals surface area contributed by atoms with E-state index in [0.717, 1.165) is 5.56 Å². The monoisotopic (exact) mass is 276 g/mol. The minimum absolute atomic E-state index is 0.0582. The number of amides is 1. The molecule has 0 aromatic heterocycles. The second-order valence-electron chi connectivity index (χ2n) is 5.49. The second kappa shape index (κ2) is 5.25. The number of ether oxygens (including phenoxy) is 1. The van der Waals surface area contributed by atoms with Crippen LogP contribution in [0.3, 0.4) is 0 Å². The second-order valence-corrected chi connectivity index (χ2v) is 5.49. The summed E-state index contributed by atoms with van der Waals surface area (Å²) in [6.07, 6.45) is -0.384. The molecule has 2 N–H and O–H groups in total. The van der Waals surface area contributed by atoms with Crippen molar-refractivity contribution in [3.63, 3.8) is 0 Å². The zero-order valence-electron chi connectivity index (χ0n) is 12.2. The van der Waals surface area contributed by atoms with Crippen molar-refractivity contribution in [3.05, 3.63) is 35.4 Å². The van der Waals surface area contributed by atoms with E-state index in [2.05, 4.69) is 10.6 Å². The van der Waals surface area contributed by atoms with Gasteiger partial charge >= 0.3 is 5.97 Å². The fourth-order valence-electron chi connectivity index (χ4n) is 2.31. The van der Waals surface area contributed by atoms with E-state index in [0.29, 0.717) is 5.56 Å². The van der Waals surface area contributed by atoms with Crippen molar-refractivity contribution in [3.8, 4) is 0 Å². The number of hydrogen-bond donors (Lipinski definition) is 2. The normalized spacial score (nSPS) is 25.6. The summed E-state index contributed by atoms with van der Waals surface area (Å²) in [7, 11) is 1.35. The molecule has 0 saturated carbocycles. The van der Waals surface area contributed by atoms with E-state index in [4.69, 9.17) is 4.74 Å². The lowest BCUT2D eigenvalue weighted by atomic mass is 9.89. The lowest BCUT2D eigenvalue weighted by Crippen LogP contribution is -2.48. The summed E-state index contributed by atoms with van der Waals surface area (Å²) in [6.45, 7) is 5.84. The van der Waals surface area contributed by atoms with Crippen LogP contribution < -0.4 is 10.6 Å². The molecule has 5 heteroatoms. The highest BCUT2D eigenvalue weighted by Crippen LogP contribution is 2.29. The Hall–Kier alpha value is -1.88. The van der Waals surface area contributed by atoms with Crippen LogP contribution in [0.5, 0.6) is 0 Å². The molecule has 20 heavy (non-hydrogen) atoms. The van der Waals surface area contributed by atoms with Gasteiger partial charge in [-0.1, -0.05) is 32.0 Å². The Morgan fingerprint density at radius 2 is 2.00 bits per heavy atom. The van der Waals surface area contributed by atoms with Gasteiger partial charge in [-0.25, -0.2) is 4.79 Å². The largest absolute Gasteiger partial charge is 0.465 e. The Bertz CT molecular complexity index is 542. The maximum Gasteiger partial charge on any atom is 0.338 e. The van der Waals surface area contributed by atoms with Gasteiger partial charge in [0.25, 0.3) is 0 Å². The fraction of sp³-hybridized carbons (Fsp3) is 0.467. The van der Waals surface area contributed by atoms with Crippen LogP contribution in [0.15, 0.2) is 24.3 Å². The minimum Gasteiger partial charge on any atom is -0.465 e. The topological polar surface area (TPSA) is 67.4 Å². The lowest BCUT2D eigenvalue weighted by molar-refractivity contribution is -0.125. The Morgan fingerprint density at radius 1 is 1.35 bits per heavy atom. The van der Waals surface area contributed by atoms with Crippen LogP contribution in [0.25, 0.3) is 0 Å². The molecule has 0 bridgehead atoms. The predicted octanol–water partition coefficient (Wildman–Crippen LogP) is 1.61. The van der Waals surface area contributed by atoms with E-state index < -0.39 is 11.5 Å². The summed E-state index contributed by atoms with van der Waals surface area (Å²) in [5.41, 5.74) is 0.534. The molecular formula is C15H20N2O3. The smallest absolute Gasteiger partial charge is 0.338 e. The zero-order chi connectivity index (χ0) is 14.9. The highest BCUT2D eigenvalue weighted by molar-refractivity contribution is 5.93. The van der Waals surface area contributed by atoms with E-state index in [1.54, 1.807) is 12.1 Å². The predicted molar refractivity (Wildman–Crippen MR) is 75.0 cm³/mol. The molecule has 108 valence electrons. The van der Waals surface area contributed by atoms with Gasteiger partial charge in [0.05, 0.1) is 18.2 Å². The highest BCUT2D eigenvalue weighted by atomic mass is 16.5. The number of benzene rings is 1. The van der Waals surface area contributed by atoms with E-state index in [9.17, 15) is 9.59 Å². The van der Waals surface area contributed by atoms with Crippen molar-refractivity contribution in [1.82, 2.24) is 10.6 Å². The van der Waals surface area contributed by atoms with Gasteiger partial charge in [-0.2, -0.15) is 0 Å². The fourth-order valence-corrected chi connectivity index (χ4v) is 2.31. The van der Waals surface area contributed by atoms with Crippen molar-refractivity contribution in [1.29, 1.82) is 0 Å². The van der Waals surface area contributed by atoms with Crippen molar-refractivity contribution < 1.29 is 14.3 Å². The summed E-state index contributed by atoms with van der Waals surface area (Å²) in [4.78, 5) is 24.0. The van der Waals surface area contributed by atoms with Gasteiger partial charge < -0.3 is 10.1 Å². The van der Waals surface area contributed by atoms with Gasteiger partial charge in [0.2, 0.25) is 5.91 Å². The Balaban J connectivity index is 2.36. The molecule has 5 nitrogen and oxygen atoms in total. The van der Waals surface area contributed by atoms with Crippen LogP contribution in [0.1, 0.15) is 42.9 Å². The Kier molecular flexibility index (Phi) is 3.81. The van der Waals surface area contributed by atoms with Gasteiger partial charge in [-0.05, 0) is 18.9 Å². The first-order valence-corrected chi connectivity index (χ1v) is 6.66. The first kappa shape index (κ1) is 14.5. The molecule has 1 heterocycles. The van der Waals surface area contributed by atoms with Gasteiger partial charge in [0.15, 0.2) is 0 Å². The average molecular weight is 276 g/mol. The van der Waals surface area contributed by atoms with Gasteiger partial charge in [-0.15, -0.1) is 0 Å². The first-order chi connectivity index (χ1) is 9.40. The van der Waals surface area contributed by atoms with Crippen LogP contribution in [-0.4, -0.2) is 24.5 Å². The van der Waals surface area contributed by atoms with Crippen LogP contribution in [0, 0.1) is 5.92 Å². The van der Waals surface area contributed by atoms with Crippen molar-refractivity contribution in [2.75, 3.05) is 7.11 Å². The van der Waals surface area contributed by atoms with E-state index >= 15 is 0 Å². The number of esters is 1. The lowest BCUT2D eigenvalue weighted by Gasteiger charge is -2.26. The third-order valence-electron chi connectivity index (χ3n) is 4.02. The van der Waals surface area contributed by atoms with Gasteiger partial charge in [0.1, 0.15) is 6.17 Å². The molecule has 2 atom stereocenters. The molecule has 1 aliphatic rings. The molecule has 1 saturated heterocycles. The third-order valence-corrected chi connectivity index (χ3v) is 4.02. The number of nitrogens with one attached hydrogen (secondary N) is 2. The van der Waals surface area contributed by atoms with Crippen LogP contribution in [-0.2, 0) is 9.53 Å². The van der Waals surface area contributed by atoms with Gasteiger partial charge in [0, 0.05) is 5.56 Å². The molecule has 0 aliphatic carbocycles. The number of rotatable bonds is 3. The Morgan fingerprint density at radius 3 is 2.55 bits per heavy atom. The molecule has 1 aliphatic heterocycles. The van der Waals surface area contributed by atoms with E-state index in [1.165, 1.54) is 7.11 Å². The molecule has 1 amide bonds. The van der Waals surface area contributed by atoms with Crippen LogP contribution in [0.2, 0.25) is 0 Å². The number of carbonyl (C=O) groups excluding carboxylic acids is 2. The summed E-state index contributed by atoms with van der Waals surface area (Å²) in [5, 5.41) is 6.19. The summed E-state index contributed by atoms with van der Waals surface area (Å²) in [5.74, 6) is -0.329. The quantitative estimate of drug-likeness (QED) is 0.823. The molecule has 0 spiro atoms. The minimum atomic E-state index is -0.645. The number of hydrogen-bond acceptors (Lipinski definition) is 4. The van der Waals surface area contributed by atoms with E-state index in [1.807, 2.05) is 32.9 Å². The van der Waals surface area contributed by atoms with E-state index in [-0.39, 0.29) is 18.0 Å². The standard InChI is InChI=1S/C15H20N2O3/c1-9(2)15(3)14(19)16-12(17-15)10-7-5-6-8-11(10)13(18)20-4/h5-9,12,17H,1-4H3,(H,16,19)/t12-,15-/m0/s1. The molecule has 1 aromatic carbocycles. The summed E-state index contributed by atoms with van der Waals surface area (Å²) >= 11 is 0. The maximum absolute atomic E-state index is 12.2. The molecule has 0 unspecified atom stereocenters. The van der Waals surface area contributed by atoms with Crippen molar-refractivity contribution >= 4 is 11.9 Å². The average Bonchev–Trinajstić information content (AvgIpc) is 2.75. The SMILES string of the molecule is COC(=O)c1ccccc1[C@H]1NC(=O)[C@](C)(C(C)C)N1. The van der Waals surface area contributed by atoms with Crippen LogP contribution in [0.4, 0.5) is 0 Å². The highest BCUT2D eigenvalue weighted by Gasteiger charge is 2.45. The van der Waals surface area contributed by atoms with Crippen molar-refractivity contribution in [2.45, 2.75) is 32.5 Å². The molecule has 0 radical (unpaired) electrons. The maximum atomic E-state index is 12.2. The molecule has 1 fully saturated rings.